The lowest BCUT2D eigenvalue weighted by Crippen LogP contribution is -2.29. The van der Waals surface area contributed by atoms with Crippen LogP contribution in [0.1, 0.15) is 24.5 Å². The number of hydrogen-bond donors (Lipinski definition) is 2. The van der Waals surface area contributed by atoms with Gasteiger partial charge in [-0.3, -0.25) is 0 Å². The van der Waals surface area contributed by atoms with Crippen molar-refractivity contribution >= 4 is 23.2 Å². The van der Waals surface area contributed by atoms with E-state index in [1.54, 1.807) is 12.1 Å². The van der Waals surface area contributed by atoms with E-state index in [9.17, 15) is 5.11 Å². The monoisotopic (exact) mass is 302 g/mol. The lowest BCUT2D eigenvalue weighted by Gasteiger charge is -2.21. The first-order valence-corrected chi connectivity index (χ1v) is 7.48. The zero-order valence-corrected chi connectivity index (χ0v) is 12.4. The molecule has 0 aromatic heterocycles. The van der Waals surface area contributed by atoms with Crippen molar-refractivity contribution in [1.82, 2.24) is 10.2 Å². The average Bonchev–Trinajstić information content (AvgIpc) is 2.67. The normalized spacial score (nSPS) is 19.1. The van der Waals surface area contributed by atoms with E-state index in [0.29, 0.717) is 10.0 Å². The number of nitrogens with zero attached hydrogens (tertiary/aromatic N) is 1. The van der Waals surface area contributed by atoms with Crippen molar-refractivity contribution < 1.29 is 5.11 Å². The van der Waals surface area contributed by atoms with Crippen LogP contribution in [0.4, 0.5) is 0 Å². The summed E-state index contributed by atoms with van der Waals surface area (Å²) in [5.41, 5.74) is 0.836. The Balaban J connectivity index is 1.85. The van der Waals surface area contributed by atoms with Crippen LogP contribution in [-0.2, 0) is 0 Å². The Morgan fingerprint density at radius 1 is 1.21 bits per heavy atom. The summed E-state index contributed by atoms with van der Waals surface area (Å²) in [6.45, 7) is 5.17. The van der Waals surface area contributed by atoms with Crippen LogP contribution < -0.4 is 5.32 Å². The molecule has 5 heteroatoms. The van der Waals surface area contributed by atoms with Crippen molar-refractivity contribution in [2.24, 2.45) is 0 Å². The zero-order chi connectivity index (χ0) is 13.7. The Hall–Kier alpha value is -0.320. The molecule has 1 atom stereocenters. The second-order valence-electron chi connectivity index (χ2n) is 4.92. The van der Waals surface area contributed by atoms with E-state index in [1.165, 1.54) is 6.42 Å². The molecule has 1 fully saturated rings. The average molecular weight is 303 g/mol. The topological polar surface area (TPSA) is 35.5 Å². The summed E-state index contributed by atoms with van der Waals surface area (Å²) in [6, 6.07) is 5.32. The third-order valence-electron chi connectivity index (χ3n) is 3.48. The zero-order valence-electron chi connectivity index (χ0n) is 10.9. The summed E-state index contributed by atoms with van der Waals surface area (Å²) in [5.74, 6) is 0. The fourth-order valence-electron chi connectivity index (χ4n) is 2.32. The second kappa shape index (κ2) is 7.46. The highest BCUT2D eigenvalue weighted by Gasteiger charge is 2.13. The van der Waals surface area contributed by atoms with Crippen LogP contribution in [0.25, 0.3) is 0 Å². The second-order valence-corrected chi connectivity index (χ2v) is 5.74. The molecule has 1 aromatic rings. The number of halogens is 2. The van der Waals surface area contributed by atoms with Crippen molar-refractivity contribution in [3.8, 4) is 0 Å². The number of nitrogens with one attached hydrogen (secondary N) is 1. The molecule has 0 bridgehead atoms. The Kier molecular flexibility index (Phi) is 5.92. The highest BCUT2D eigenvalue weighted by Crippen LogP contribution is 2.26. The molecule has 1 aliphatic rings. The van der Waals surface area contributed by atoms with Crippen molar-refractivity contribution in [2.45, 2.75) is 18.9 Å². The first-order valence-electron chi connectivity index (χ1n) is 6.73. The van der Waals surface area contributed by atoms with Crippen molar-refractivity contribution in [3.63, 3.8) is 0 Å². The predicted octanol–water partition coefficient (Wildman–Crippen LogP) is 2.71. The lowest BCUT2D eigenvalue weighted by molar-refractivity contribution is 0.144. The molecule has 1 aliphatic heterocycles. The van der Waals surface area contributed by atoms with Crippen LogP contribution >= 0.6 is 23.2 Å². The first-order chi connectivity index (χ1) is 9.16. The molecule has 1 saturated heterocycles. The molecule has 19 heavy (non-hydrogen) atoms. The van der Waals surface area contributed by atoms with Crippen LogP contribution in [0.15, 0.2) is 18.2 Å². The maximum atomic E-state index is 10.2. The molecule has 0 aliphatic carbocycles. The third kappa shape index (κ3) is 4.62. The van der Waals surface area contributed by atoms with Crippen LogP contribution in [-0.4, -0.2) is 42.7 Å². The van der Waals surface area contributed by atoms with E-state index in [1.807, 2.05) is 6.07 Å². The fraction of sp³-hybridized carbons (Fsp3) is 0.571. The highest BCUT2D eigenvalue weighted by atomic mass is 35.5. The number of aliphatic hydroxyl groups excluding tert-OH is 1. The molecular weight excluding hydrogens is 283 g/mol. The van der Waals surface area contributed by atoms with Gasteiger partial charge in [-0.2, -0.15) is 0 Å². The number of rotatable bonds is 4. The summed E-state index contributed by atoms with van der Waals surface area (Å²) < 4.78 is 0. The van der Waals surface area contributed by atoms with Gasteiger partial charge in [0, 0.05) is 19.6 Å². The largest absolute Gasteiger partial charge is 0.388 e. The Labute approximate surface area is 124 Å². The van der Waals surface area contributed by atoms with Gasteiger partial charge in [0.25, 0.3) is 0 Å². The molecule has 2 N–H and O–H groups in total. The minimum Gasteiger partial charge on any atom is -0.388 e. The lowest BCUT2D eigenvalue weighted by atomic mass is 10.1. The van der Waals surface area contributed by atoms with Gasteiger partial charge < -0.3 is 15.3 Å². The van der Waals surface area contributed by atoms with Gasteiger partial charge in [-0.15, -0.1) is 0 Å². The summed E-state index contributed by atoms with van der Waals surface area (Å²) >= 11 is 11.8. The minimum absolute atomic E-state index is 0.481. The summed E-state index contributed by atoms with van der Waals surface area (Å²) in [4.78, 5) is 2.39. The van der Waals surface area contributed by atoms with Crippen molar-refractivity contribution in [1.29, 1.82) is 0 Å². The smallest absolute Gasteiger partial charge is 0.0802 e. The molecule has 1 heterocycles. The number of benzene rings is 1. The van der Waals surface area contributed by atoms with E-state index < -0.39 is 6.10 Å². The summed E-state index contributed by atoms with van der Waals surface area (Å²) in [7, 11) is 0. The van der Waals surface area contributed by atoms with E-state index in [4.69, 9.17) is 23.2 Å². The number of aliphatic hydroxyl groups is 1. The van der Waals surface area contributed by atoms with Gasteiger partial charge in [0.2, 0.25) is 0 Å². The third-order valence-corrected chi connectivity index (χ3v) is 4.22. The van der Waals surface area contributed by atoms with Crippen molar-refractivity contribution in [2.75, 3.05) is 32.7 Å². The SMILES string of the molecule is OC(CCN1CCCNCC1)c1ccc(Cl)c(Cl)c1. The molecule has 0 radical (unpaired) electrons. The standard InChI is InChI=1S/C14H20Cl2N2O/c15-12-3-2-11(10-13(12)16)14(19)4-8-18-7-1-5-17-6-9-18/h2-3,10,14,17,19H,1,4-9H2. The van der Waals surface area contributed by atoms with Gasteiger partial charge in [0.1, 0.15) is 0 Å². The van der Waals surface area contributed by atoms with E-state index in [-0.39, 0.29) is 0 Å². The quantitative estimate of drug-likeness (QED) is 0.898. The maximum absolute atomic E-state index is 10.2. The fourth-order valence-corrected chi connectivity index (χ4v) is 2.62. The minimum atomic E-state index is -0.481. The maximum Gasteiger partial charge on any atom is 0.0802 e. The van der Waals surface area contributed by atoms with Gasteiger partial charge in [-0.1, -0.05) is 29.3 Å². The van der Waals surface area contributed by atoms with Gasteiger partial charge >= 0.3 is 0 Å². The van der Waals surface area contributed by atoms with Crippen LogP contribution in [0.2, 0.25) is 10.0 Å². The van der Waals surface area contributed by atoms with Gasteiger partial charge in [0.05, 0.1) is 16.1 Å². The molecule has 3 nitrogen and oxygen atoms in total. The van der Waals surface area contributed by atoms with E-state index in [0.717, 1.165) is 44.7 Å². The molecule has 106 valence electrons. The van der Waals surface area contributed by atoms with Gasteiger partial charge in [-0.05, 0) is 43.6 Å². The molecular formula is C14H20Cl2N2O. The van der Waals surface area contributed by atoms with Gasteiger partial charge in [0.15, 0.2) is 0 Å². The molecule has 0 spiro atoms. The molecule has 1 unspecified atom stereocenters. The Morgan fingerprint density at radius 2 is 2.05 bits per heavy atom. The summed E-state index contributed by atoms with van der Waals surface area (Å²) in [5, 5.41) is 14.6. The van der Waals surface area contributed by atoms with Crippen molar-refractivity contribution in [3.05, 3.63) is 33.8 Å². The van der Waals surface area contributed by atoms with Crippen LogP contribution in [0, 0.1) is 0 Å². The van der Waals surface area contributed by atoms with Gasteiger partial charge in [-0.25, -0.2) is 0 Å². The van der Waals surface area contributed by atoms with Crippen LogP contribution in [0.5, 0.6) is 0 Å². The first kappa shape index (κ1) is 15.1. The predicted molar refractivity (Wildman–Crippen MR) is 80.0 cm³/mol. The Bertz CT molecular complexity index is 406. The molecule has 2 rings (SSSR count). The molecule has 1 aromatic carbocycles. The Morgan fingerprint density at radius 3 is 2.84 bits per heavy atom. The molecule has 0 amide bonds. The van der Waals surface area contributed by atoms with Crippen LogP contribution in [0.3, 0.4) is 0 Å². The van der Waals surface area contributed by atoms with E-state index in [2.05, 4.69) is 10.2 Å². The highest BCUT2D eigenvalue weighted by molar-refractivity contribution is 6.42. The molecule has 0 saturated carbocycles. The number of hydrogen-bond acceptors (Lipinski definition) is 3. The summed E-state index contributed by atoms with van der Waals surface area (Å²) in [6.07, 6.45) is 1.41. The van der Waals surface area contributed by atoms with E-state index >= 15 is 0 Å².